The lowest BCUT2D eigenvalue weighted by Crippen LogP contribution is -2.41. The fourth-order valence-electron chi connectivity index (χ4n) is 3.06. The molecule has 1 atom stereocenters. The highest BCUT2D eigenvalue weighted by Crippen LogP contribution is 2.38. The fraction of sp³-hybridized carbons (Fsp3) is 0.667. The van der Waals surface area contributed by atoms with Crippen LogP contribution in [0, 0.1) is 5.41 Å². The molecule has 1 aromatic heterocycles. The van der Waals surface area contributed by atoms with Gasteiger partial charge in [0.1, 0.15) is 0 Å². The van der Waals surface area contributed by atoms with Crippen LogP contribution >= 0.6 is 24.0 Å². The zero-order valence-corrected chi connectivity index (χ0v) is 14.8. The molecule has 0 aromatic carbocycles. The third kappa shape index (κ3) is 3.91. The summed E-state index contributed by atoms with van der Waals surface area (Å²) in [7, 11) is 0. The Hall–Kier alpha value is -0.760. The molecule has 3 rings (SSSR count). The highest BCUT2D eigenvalue weighted by Gasteiger charge is 2.42. The minimum absolute atomic E-state index is 0. The van der Waals surface area contributed by atoms with Gasteiger partial charge in [0.15, 0.2) is 5.96 Å². The first-order valence-electron chi connectivity index (χ1n) is 7.43. The molecule has 0 radical (unpaired) electrons. The topological polar surface area (TPSA) is 50.0 Å². The van der Waals surface area contributed by atoms with Crippen LogP contribution in [0.25, 0.3) is 0 Å². The van der Waals surface area contributed by atoms with Crippen LogP contribution in [-0.4, -0.2) is 43.7 Å². The lowest BCUT2D eigenvalue weighted by atomic mass is 9.87. The second-order valence-corrected chi connectivity index (χ2v) is 5.78. The summed E-state index contributed by atoms with van der Waals surface area (Å²) in [5.41, 5.74) is 1.48. The Morgan fingerprint density at radius 1 is 1.48 bits per heavy atom. The van der Waals surface area contributed by atoms with Crippen molar-refractivity contribution < 1.29 is 9.15 Å². The number of rotatable bonds is 3. The highest BCUT2D eigenvalue weighted by molar-refractivity contribution is 14.0. The standard InChI is InChI=1S/C15H23N3O2.HI/c1-2-16-14(17-9-13-3-7-19-10-13)18-6-4-15(11-18)5-8-20-12-15;/h3,7,10H,2,4-6,8-9,11-12H2,1H3,(H,16,17);1H. The average molecular weight is 405 g/mol. The molecule has 3 heterocycles. The van der Waals surface area contributed by atoms with Gasteiger partial charge < -0.3 is 19.4 Å². The first-order chi connectivity index (χ1) is 9.81. The monoisotopic (exact) mass is 405 g/mol. The predicted molar refractivity (Wildman–Crippen MR) is 93.0 cm³/mol. The van der Waals surface area contributed by atoms with E-state index >= 15 is 0 Å². The van der Waals surface area contributed by atoms with Crippen LogP contribution in [-0.2, 0) is 11.3 Å². The van der Waals surface area contributed by atoms with Crippen LogP contribution in [0.3, 0.4) is 0 Å². The van der Waals surface area contributed by atoms with Gasteiger partial charge in [-0.05, 0) is 25.8 Å². The number of aliphatic imine (C=N–C) groups is 1. The van der Waals surface area contributed by atoms with Crippen LogP contribution in [0.15, 0.2) is 28.0 Å². The van der Waals surface area contributed by atoms with E-state index in [-0.39, 0.29) is 24.0 Å². The summed E-state index contributed by atoms with van der Waals surface area (Å²) in [4.78, 5) is 7.10. The van der Waals surface area contributed by atoms with Crippen LogP contribution in [0.4, 0.5) is 0 Å². The molecular formula is C15H24IN3O2. The molecule has 21 heavy (non-hydrogen) atoms. The average Bonchev–Trinajstić information content (AvgIpc) is 3.18. The van der Waals surface area contributed by atoms with Gasteiger partial charge in [-0.3, -0.25) is 0 Å². The highest BCUT2D eigenvalue weighted by atomic mass is 127. The van der Waals surface area contributed by atoms with Gasteiger partial charge in [0.05, 0.1) is 25.7 Å². The van der Waals surface area contributed by atoms with Crippen molar-refractivity contribution in [2.45, 2.75) is 26.3 Å². The smallest absolute Gasteiger partial charge is 0.194 e. The van der Waals surface area contributed by atoms with Crippen molar-refractivity contribution in [2.24, 2.45) is 10.4 Å². The molecule has 2 saturated heterocycles. The van der Waals surface area contributed by atoms with Crippen LogP contribution < -0.4 is 5.32 Å². The van der Waals surface area contributed by atoms with Crippen LogP contribution in [0.5, 0.6) is 0 Å². The number of guanidine groups is 1. The first kappa shape index (κ1) is 16.6. The quantitative estimate of drug-likeness (QED) is 0.477. The summed E-state index contributed by atoms with van der Waals surface area (Å²) < 4.78 is 10.7. The Kier molecular flexibility index (Phi) is 5.92. The van der Waals surface area contributed by atoms with Crippen molar-refractivity contribution in [1.82, 2.24) is 10.2 Å². The van der Waals surface area contributed by atoms with Gasteiger partial charge in [-0.25, -0.2) is 4.99 Å². The van der Waals surface area contributed by atoms with E-state index in [1.165, 1.54) is 12.8 Å². The Morgan fingerprint density at radius 2 is 2.38 bits per heavy atom. The molecular weight excluding hydrogens is 381 g/mol. The normalized spacial score (nSPS) is 25.4. The van der Waals surface area contributed by atoms with Crippen molar-refractivity contribution in [2.75, 3.05) is 32.8 Å². The Morgan fingerprint density at radius 3 is 3.05 bits per heavy atom. The maximum Gasteiger partial charge on any atom is 0.194 e. The van der Waals surface area contributed by atoms with Crippen LogP contribution in [0.2, 0.25) is 0 Å². The molecule has 2 aliphatic heterocycles. The molecule has 1 spiro atoms. The molecule has 0 bridgehead atoms. The molecule has 0 amide bonds. The molecule has 1 N–H and O–H groups in total. The Bertz CT molecular complexity index is 455. The molecule has 0 saturated carbocycles. The van der Waals surface area contributed by atoms with E-state index in [9.17, 15) is 0 Å². The second kappa shape index (κ2) is 7.49. The lowest BCUT2D eigenvalue weighted by molar-refractivity contribution is 0.156. The van der Waals surface area contributed by atoms with Crippen molar-refractivity contribution >= 4 is 29.9 Å². The Balaban J connectivity index is 0.00000161. The van der Waals surface area contributed by atoms with E-state index < -0.39 is 0 Å². The number of nitrogens with zero attached hydrogens (tertiary/aromatic N) is 2. The maximum absolute atomic E-state index is 5.59. The van der Waals surface area contributed by atoms with Gasteiger partial charge in [0, 0.05) is 37.2 Å². The third-order valence-corrected chi connectivity index (χ3v) is 4.25. The second-order valence-electron chi connectivity index (χ2n) is 5.78. The third-order valence-electron chi connectivity index (χ3n) is 4.25. The van der Waals surface area contributed by atoms with E-state index in [0.29, 0.717) is 12.0 Å². The molecule has 1 aromatic rings. The summed E-state index contributed by atoms with van der Waals surface area (Å²) in [6.07, 6.45) is 5.84. The largest absolute Gasteiger partial charge is 0.472 e. The summed E-state index contributed by atoms with van der Waals surface area (Å²) in [6, 6.07) is 1.96. The molecule has 6 heteroatoms. The van der Waals surface area contributed by atoms with Gasteiger partial charge in [-0.1, -0.05) is 0 Å². The van der Waals surface area contributed by atoms with E-state index in [1.807, 2.05) is 6.07 Å². The van der Waals surface area contributed by atoms with Gasteiger partial charge in [0.2, 0.25) is 0 Å². The number of nitrogens with one attached hydrogen (secondary N) is 1. The fourth-order valence-corrected chi connectivity index (χ4v) is 3.06. The van der Waals surface area contributed by atoms with Crippen molar-refractivity contribution in [1.29, 1.82) is 0 Å². The van der Waals surface area contributed by atoms with Gasteiger partial charge in [0.25, 0.3) is 0 Å². The van der Waals surface area contributed by atoms with Crippen molar-refractivity contribution in [3.63, 3.8) is 0 Å². The zero-order valence-electron chi connectivity index (χ0n) is 12.5. The lowest BCUT2D eigenvalue weighted by Gasteiger charge is -2.24. The van der Waals surface area contributed by atoms with Crippen molar-refractivity contribution in [3.8, 4) is 0 Å². The van der Waals surface area contributed by atoms with Gasteiger partial charge in [-0.15, -0.1) is 24.0 Å². The zero-order chi connectivity index (χ0) is 13.8. The number of ether oxygens (including phenoxy) is 1. The molecule has 5 nitrogen and oxygen atoms in total. The number of furan rings is 1. The van der Waals surface area contributed by atoms with E-state index in [2.05, 4.69) is 17.1 Å². The summed E-state index contributed by atoms with van der Waals surface area (Å²) in [5.74, 6) is 1.01. The minimum atomic E-state index is 0. The summed E-state index contributed by atoms with van der Waals surface area (Å²) >= 11 is 0. The molecule has 1 unspecified atom stereocenters. The molecule has 0 aliphatic carbocycles. The Labute approximate surface area is 143 Å². The summed E-state index contributed by atoms with van der Waals surface area (Å²) in [6.45, 7) is 7.62. The maximum atomic E-state index is 5.59. The molecule has 2 fully saturated rings. The predicted octanol–water partition coefficient (Wildman–Crippen LogP) is 2.48. The minimum Gasteiger partial charge on any atom is -0.472 e. The van der Waals surface area contributed by atoms with Gasteiger partial charge in [-0.2, -0.15) is 0 Å². The SMILES string of the molecule is CCNC(=NCc1ccoc1)N1CCC2(CCOC2)C1.I. The van der Waals surface area contributed by atoms with E-state index in [4.69, 9.17) is 14.1 Å². The number of hydrogen-bond acceptors (Lipinski definition) is 3. The number of hydrogen-bond donors (Lipinski definition) is 1. The first-order valence-corrected chi connectivity index (χ1v) is 7.43. The number of likely N-dealkylation sites (tertiary alicyclic amines) is 1. The number of halogens is 1. The van der Waals surface area contributed by atoms with E-state index in [1.54, 1.807) is 12.5 Å². The van der Waals surface area contributed by atoms with Crippen LogP contribution in [0.1, 0.15) is 25.3 Å². The molecule has 118 valence electrons. The van der Waals surface area contributed by atoms with Gasteiger partial charge >= 0.3 is 0 Å². The van der Waals surface area contributed by atoms with E-state index in [0.717, 1.165) is 44.4 Å². The molecule has 2 aliphatic rings. The van der Waals surface area contributed by atoms with Crippen molar-refractivity contribution in [3.05, 3.63) is 24.2 Å². The summed E-state index contributed by atoms with van der Waals surface area (Å²) in [5, 5.41) is 3.40.